The van der Waals surface area contributed by atoms with Gasteiger partial charge in [0.05, 0.1) is 17.5 Å². The number of carboxylic acid groups (broad SMARTS) is 1. The number of carboxylic acids is 1. The molecule has 4 atom stereocenters. The van der Waals surface area contributed by atoms with E-state index in [-0.39, 0.29) is 0 Å². The van der Waals surface area contributed by atoms with Gasteiger partial charge in [-0.15, -0.1) is 0 Å². The third-order valence-corrected chi connectivity index (χ3v) is 6.32. The SMILES string of the molecule is CC(C)C1(C(=O)O)NC(c2cccc(Cl)c2)C2C(=O)N(c3ccccc3)C(=O)C21. The number of carbonyl (C=O) groups excluding carboxylic acids is 2. The molecule has 0 bridgehead atoms. The van der Waals surface area contributed by atoms with Gasteiger partial charge in [-0.05, 0) is 35.7 Å². The molecule has 0 radical (unpaired) electrons. The van der Waals surface area contributed by atoms with E-state index in [1.807, 2.05) is 0 Å². The number of hydrogen-bond acceptors (Lipinski definition) is 4. The highest BCUT2D eigenvalue weighted by atomic mass is 35.5. The van der Waals surface area contributed by atoms with Gasteiger partial charge in [-0.3, -0.25) is 19.7 Å². The lowest BCUT2D eigenvalue weighted by Crippen LogP contribution is -2.59. The van der Waals surface area contributed by atoms with E-state index in [0.29, 0.717) is 16.3 Å². The van der Waals surface area contributed by atoms with Crippen LogP contribution in [0.15, 0.2) is 54.6 Å². The molecule has 4 rings (SSSR count). The molecule has 2 aromatic rings. The Morgan fingerprint density at radius 3 is 2.38 bits per heavy atom. The molecule has 2 aliphatic rings. The molecular formula is C22H21ClN2O4. The van der Waals surface area contributed by atoms with Crippen LogP contribution in [0.5, 0.6) is 0 Å². The molecular weight excluding hydrogens is 392 g/mol. The Labute approximate surface area is 173 Å². The molecule has 2 aromatic carbocycles. The maximum Gasteiger partial charge on any atom is 0.325 e. The molecule has 0 aliphatic carbocycles. The highest BCUT2D eigenvalue weighted by molar-refractivity contribution is 6.30. The normalized spacial score (nSPS) is 28.8. The number of rotatable bonds is 4. The lowest BCUT2D eigenvalue weighted by Gasteiger charge is -2.34. The average molecular weight is 413 g/mol. The van der Waals surface area contributed by atoms with Gasteiger partial charge in [0, 0.05) is 11.1 Å². The summed E-state index contributed by atoms with van der Waals surface area (Å²) in [6, 6.07) is 15.0. The van der Waals surface area contributed by atoms with Crippen molar-refractivity contribution in [2.24, 2.45) is 17.8 Å². The van der Waals surface area contributed by atoms with Gasteiger partial charge in [-0.1, -0.05) is 55.8 Å². The molecule has 0 aromatic heterocycles. The zero-order valence-corrected chi connectivity index (χ0v) is 16.8. The fourth-order valence-corrected chi connectivity index (χ4v) is 4.93. The Morgan fingerprint density at radius 1 is 1.10 bits per heavy atom. The topological polar surface area (TPSA) is 86.7 Å². The number of aliphatic carboxylic acids is 1. The van der Waals surface area contributed by atoms with Crippen LogP contribution in [-0.4, -0.2) is 28.4 Å². The van der Waals surface area contributed by atoms with E-state index in [1.54, 1.807) is 68.4 Å². The highest BCUT2D eigenvalue weighted by Crippen LogP contribution is 2.52. The van der Waals surface area contributed by atoms with Crippen molar-refractivity contribution in [2.45, 2.75) is 25.4 Å². The van der Waals surface area contributed by atoms with Gasteiger partial charge in [-0.2, -0.15) is 0 Å². The second kappa shape index (κ2) is 6.97. The molecule has 2 aliphatic heterocycles. The van der Waals surface area contributed by atoms with Crippen LogP contribution in [0, 0.1) is 17.8 Å². The molecule has 2 amide bonds. The maximum absolute atomic E-state index is 13.4. The van der Waals surface area contributed by atoms with Crippen molar-refractivity contribution in [1.82, 2.24) is 5.32 Å². The standard InChI is InChI=1S/C22H21ClN2O4/c1-12(2)22(21(28)29)17-16(18(24-22)13-7-6-8-14(23)11-13)19(26)25(20(17)27)15-9-4-3-5-10-15/h3-12,16-18,24H,1-2H3,(H,28,29). The number of hydrogen-bond donors (Lipinski definition) is 2. The van der Waals surface area contributed by atoms with Crippen LogP contribution < -0.4 is 10.2 Å². The lowest BCUT2D eigenvalue weighted by atomic mass is 9.73. The van der Waals surface area contributed by atoms with E-state index in [0.717, 1.165) is 4.90 Å². The van der Waals surface area contributed by atoms with E-state index in [2.05, 4.69) is 5.32 Å². The molecule has 4 unspecified atom stereocenters. The van der Waals surface area contributed by atoms with Gasteiger partial charge in [0.15, 0.2) is 0 Å². The minimum atomic E-state index is -1.56. The Hall–Kier alpha value is -2.70. The van der Waals surface area contributed by atoms with Gasteiger partial charge < -0.3 is 5.11 Å². The van der Waals surface area contributed by atoms with Crippen LogP contribution >= 0.6 is 11.6 Å². The van der Waals surface area contributed by atoms with E-state index >= 15 is 0 Å². The molecule has 2 N–H and O–H groups in total. The van der Waals surface area contributed by atoms with Gasteiger partial charge in [0.1, 0.15) is 5.54 Å². The second-order valence-corrected chi connectivity index (χ2v) is 8.29. The summed E-state index contributed by atoms with van der Waals surface area (Å²) >= 11 is 6.15. The highest BCUT2D eigenvalue weighted by Gasteiger charge is 2.69. The van der Waals surface area contributed by atoms with Crippen molar-refractivity contribution in [3.63, 3.8) is 0 Å². The number of fused-ring (bicyclic) bond motifs is 1. The summed E-state index contributed by atoms with van der Waals surface area (Å²) in [6.07, 6.45) is 0. The fourth-order valence-electron chi connectivity index (χ4n) is 4.73. The van der Waals surface area contributed by atoms with Crippen LogP contribution in [0.3, 0.4) is 0 Å². The molecule has 0 saturated carbocycles. The molecule has 6 nitrogen and oxygen atoms in total. The monoisotopic (exact) mass is 412 g/mol. The van der Waals surface area contributed by atoms with Gasteiger partial charge in [0.2, 0.25) is 11.8 Å². The number of para-hydroxylation sites is 1. The zero-order valence-electron chi connectivity index (χ0n) is 16.0. The maximum atomic E-state index is 13.4. The third-order valence-electron chi connectivity index (χ3n) is 6.08. The van der Waals surface area contributed by atoms with Crippen molar-refractivity contribution < 1.29 is 19.5 Å². The van der Waals surface area contributed by atoms with E-state index in [9.17, 15) is 19.5 Å². The van der Waals surface area contributed by atoms with E-state index in [1.165, 1.54) is 0 Å². The van der Waals surface area contributed by atoms with E-state index < -0.39 is 47.1 Å². The average Bonchev–Trinajstić information content (AvgIpc) is 3.18. The number of carbonyl (C=O) groups is 3. The molecule has 2 saturated heterocycles. The Balaban J connectivity index is 1.89. The number of nitrogens with zero attached hydrogens (tertiary/aromatic N) is 1. The van der Waals surface area contributed by atoms with Gasteiger partial charge in [0.25, 0.3) is 0 Å². The van der Waals surface area contributed by atoms with E-state index in [4.69, 9.17) is 11.6 Å². The molecule has 29 heavy (non-hydrogen) atoms. The Bertz CT molecular complexity index is 993. The summed E-state index contributed by atoms with van der Waals surface area (Å²) < 4.78 is 0. The van der Waals surface area contributed by atoms with Crippen molar-refractivity contribution in [1.29, 1.82) is 0 Å². The molecule has 2 heterocycles. The van der Waals surface area contributed by atoms with Crippen molar-refractivity contribution >= 4 is 35.1 Å². The van der Waals surface area contributed by atoms with Crippen LogP contribution in [0.2, 0.25) is 5.02 Å². The molecule has 2 fully saturated rings. The van der Waals surface area contributed by atoms with Crippen LogP contribution in [0.4, 0.5) is 5.69 Å². The fraction of sp³-hybridized carbons (Fsp3) is 0.318. The summed E-state index contributed by atoms with van der Waals surface area (Å²) in [7, 11) is 0. The first kappa shape index (κ1) is 19.6. The van der Waals surface area contributed by atoms with Crippen molar-refractivity contribution in [3.05, 3.63) is 65.2 Å². The first-order valence-corrected chi connectivity index (χ1v) is 9.86. The molecule has 150 valence electrons. The summed E-state index contributed by atoms with van der Waals surface area (Å²) in [5.74, 6) is -4.30. The smallest absolute Gasteiger partial charge is 0.325 e. The summed E-state index contributed by atoms with van der Waals surface area (Å²) in [6.45, 7) is 3.50. The number of amides is 2. The summed E-state index contributed by atoms with van der Waals surface area (Å²) in [5.41, 5.74) is -0.425. The van der Waals surface area contributed by atoms with Crippen molar-refractivity contribution in [2.75, 3.05) is 4.90 Å². The quantitative estimate of drug-likeness (QED) is 0.752. The number of imide groups is 1. The third kappa shape index (κ3) is 2.78. The van der Waals surface area contributed by atoms with Crippen LogP contribution in [0.25, 0.3) is 0 Å². The van der Waals surface area contributed by atoms with Crippen LogP contribution in [-0.2, 0) is 14.4 Å². The lowest BCUT2D eigenvalue weighted by molar-refractivity contribution is -0.151. The molecule has 0 spiro atoms. The van der Waals surface area contributed by atoms with Crippen LogP contribution in [0.1, 0.15) is 25.5 Å². The number of halogens is 1. The summed E-state index contributed by atoms with van der Waals surface area (Å²) in [4.78, 5) is 40.5. The largest absolute Gasteiger partial charge is 0.480 e. The second-order valence-electron chi connectivity index (χ2n) is 7.86. The zero-order chi connectivity index (χ0) is 20.9. The minimum Gasteiger partial charge on any atom is -0.480 e. The number of benzene rings is 2. The predicted octanol–water partition coefficient (Wildman–Crippen LogP) is 3.27. The number of nitrogens with one attached hydrogen (secondary N) is 1. The van der Waals surface area contributed by atoms with Gasteiger partial charge in [-0.25, -0.2) is 4.90 Å². The predicted molar refractivity (Wildman–Crippen MR) is 108 cm³/mol. The minimum absolute atomic E-state index is 0.396. The van der Waals surface area contributed by atoms with Gasteiger partial charge >= 0.3 is 5.97 Å². The summed E-state index contributed by atoms with van der Waals surface area (Å²) in [5, 5.41) is 13.8. The molecule has 7 heteroatoms. The Morgan fingerprint density at radius 2 is 1.79 bits per heavy atom. The number of anilines is 1. The van der Waals surface area contributed by atoms with Crippen molar-refractivity contribution in [3.8, 4) is 0 Å². The Kier molecular flexibility index (Phi) is 4.71. The first-order valence-electron chi connectivity index (χ1n) is 9.48. The first-order chi connectivity index (χ1) is 13.8.